The van der Waals surface area contributed by atoms with Crippen LogP contribution in [0.1, 0.15) is 37.9 Å². The summed E-state index contributed by atoms with van der Waals surface area (Å²) in [5.41, 5.74) is 1.23. The highest BCUT2D eigenvalue weighted by atomic mass is 35.5. The Balaban J connectivity index is 2.04. The van der Waals surface area contributed by atoms with Crippen LogP contribution in [0, 0.1) is 0 Å². The number of hydrogen-bond donors (Lipinski definition) is 1. The second-order valence-electron chi connectivity index (χ2n) is 6.24. The number of aliphatic hydroxyl groups is 1. The minimum Gasteiger partial charge on any atom is -0.492 e. The second-order valence-corrected chi connectivity index (χ2v) is 6.68. The number of ether oxygens (including phenoxy) is 2. The minimum atomic E-state index is -1.37. The smallest absolute Gasteiger partial charge is 0.199 e. The lowest BCUT2D eigenvalue weighted by atomic mass is 9.95. The van der Waals surface area contributed by atoms with Gasteiger partial charge < -0.3 is 14.6 Å². The summed E-state index contributed by atoms with van der Waals surface area (Å²) < 4.78 is 10.8. The molecule has 0 saturated heterocycles. The van der Waals surface area contributed by atoms with Gasteiger partial charge in [-0.05, 0) is 42.0 Å². The monoisotopic (exact) mass is 410 g/mol. The van der Waals surface area contributed by atoms with E-state index >= 15 is 0 Å². The van der Waals surface area contributed by atoms with E-state index in [0.29, 0.717) is 16.1 Å². The maximum absolute atomic E-state index is 12.9. The Bertz CT molecular complexity index is 1030. The van der Waals surface area contributed by atoms with Crippen molar-refractivity contribution in [1.82, 2.24) is 0 Å². The van der Waals surface area contributed by atoms with Gasteiger partial charge >= 0.3 is 0 Å². The Hall–Kier alpha value is -3.15. The molecule has 5 nitrogen and oxygen atoms in total. The van der Waals surface area contributed by atoms with E-state index in [9.17, 15) is 14.7 Å². The van der Waals surface area contributed by atoms with E-state index in [4.69, 9.17) is 21.1 Å². The predicted octanol–water partition coefficient (Wildman–Crippen LogP) is 4.50. The molecule has 0 aliphatic carbocycles. The van der Waals surface area contributed by atoms with Gasteiger partial charge in [-0.2, -0.15) is 0 Å². The first kappa shape index (κ1) is 20.6. The number of rotatable bonds is 7. The van der Waals surface area contributed by atoms with E-state index in [1.54, 1.807) is 54.6 Å². The zero-order chi connectivity index (χ0) is 21.0. The molecule has 0 aliphatic heterocycles. The van der Waals surface area contributed by atoms with Crippen molar-refractivity contribution < 1.29 is 24.2 Å². The van der Waals surface area contributed by atoms with Crippen LogP contribution in [0.15, 0.2) is 66.7 Å². The molecule has 1 atom stereocenters. The molecule has 148 valence electrons. The normalized spacial score (nSPS) is 11.6. The van der Waals surface area contributed by atoms with Crippen LogP contribution in [0.2, 0.25) is 5.02 Å². The number of hydrogen-bond acceptors (Lipinski definition) is 5. The third-order valence-electron chi connectivity index (χ3n) is 4.50. The van der Waals surface area contributed by atoms with Crippen molar-refractivity contribution in [2.75, 3.05) is 14.2 Å². The molecule has 3 rings (SSSR count). The minimum absolute atomic E-state index is 0.0901. The van der Waals surface area contributed by atoms with Crippen LogP contribution in [-0.2, 0) is 0 Å². The quantitative estimate of drug-likeness (QED) is 0.580. The summed E-state index contributed by atoms with van der Waals surface area (Å²) in [6, 6.07) is 18.0. The number of methoxy groups -OCH3 is 2. The molecule has 0 radical (unpaired) electrons. The van der Waals surface area contributed by atoms with Crippen LogP contribution >= 0.6 is 11.6 Å². The van der Waals surface area contributed by atoms with Gasteiger partial charge in [0.05, 0.1) is 25.3 Å². The van der Waals surface area contributed by atoms with Gasteiger partial charge in [-0.1, -0.05) is 41.9 Å². The van der Waals surface area contributed by atoms with Crippen molar-refractivity contribution in [3.8, 4) is 11.5 Å². The molecule has 0 spiro atoms. The molecule has 0 bridgehead atoms. The molecule has 0 aromatic heterocycles. The zero-order valence-corrected chi connectivity index (χ0v) is 16.6. The van der Waals surface area contributed by atoms with Gasteiger partial charge in [0.2, 0.25) is 0 Å². The van der Waals surface area contributed by atoms with E-state index in [-0.39, 0.29) is 28.4 Å². The molecule has 0 aliphatic rings. The van der Waals surface area contributed by atoms with Gasteiger partial charge in [0.25, 0.3) is 0 Å². The first-order valence-electron chi connectivity index (χ1n) is 8.80. The van der Waals surface area contributed by atoms with Gasteiger partial charge in [0, 0.05) is 10.6 Å². The molecule has 3 aromatic rings. The number of carbonyl (C=O) groups excluding carboxylic acids is 2. The standard InChI is InChI=1S/C23H19ClO5/c1-28-22-17(19(25)15-8-10-16(24)11-9-15)12-13-18(23(22)29-2)21(27)20(26)14-6-4-3-5-7-14/h3-13,20,26H,1-2H3. The molecule has 0 amide bonds. The molecular formula is C23H19ClO5. The third-order valence-corrected chi connectivity index (χ3v) is 4.75. The first-order chi connectivity index (χ1) is 14.0. The van der Waals surface area contributed by atoms with Gasteiger partial charge in [0.1, 0.15) is 6.10 Å². The summed E-state index contributed by atoms with van der Waals surface area (Å²) in [6.45, 7) is 0. The fourth-order valence-corrected chi connectivity index (χ4v) is 3.16. The third kappa shape index (κ3) is 4.16. The highest BCUT2D eigenvalue weighted by molar-refractivity contribution is 6.30. The van der Waals surface area contributed by atoms with Crippen LogP contribution in [0.3, 0.4) is 0 Å². The number of benzene rings is 3. The maximum atomic E-state index is 12.9. The van der Waals surface area contributed by atoms with E-state index in [1.165, 1.54) is 26.4 Å². The van der Waals surface area contributed by atoms with Crippen LogP contribution in [0.25, 0.3) is 0 Å². The molecule has 3 aromatic carbocycles. The fourth-order valence-electron chi connectivity index (χ4n) is 3.03. The van der Waals surface area contributed by atoms with Crippen LogP contribution in [0.4, 0.5) is 0 Å². The summed E-state index contributed by atoms with van der Waals surface area (Å²) in [4.78, 5) is 25.8. The molecule has 1 unspecified atom stereocenters. The van der Waals surface area contributed by atoms with Crippen LogP contribution in [0.5, 0.6) is 11.5 Å². The highest BCUT2D eigenvalue weighted by Gasteiger charge is 2.27. The van der Waals surface area contributed by atoms with Crippen LogP contribution in [-0.4, -0.2) is 30.9 Å². The van der Waals surface area contributed by atoms with Crippen molar-refractivity contribution in [2.24, 2.45) is 0 Å². The first-order valence-corrected chi connectivity index (χ1v) is 9.18. The predicted molar refractivity (Wildman–Crippen MR) is 110 cm³/mol. The number of halogens is 1. The molecule has 29 heavy (non-hydrogen) atoms. The number of ketones is 2. The topological polar surface area (TPSA) is 72.8 Å². The Morgan fingerprint density at radius 2 is 1.38 bits per heavy atom. The van der Waals surface area contributed by atoms with Crippen LogP contribution < -0.4 is 9.47 Å². The van der Waals surface area contributed by atoms with Crippen molar-refractivity contribution in [3.63, 3.8) is 0 Å². The summed E-state index contributed by atoms with van der Waals surface area (Å²) in [7, 11) is 2.76. The highest BCUT2D eigenvalue weighted by Crippen LogP contribution is 2.38. The van der Waals surface area contributed by atoms with Gasteiger partial charge in [-0.15, -0.1) is 0 Å². The Morgan fingerprint density at radius 3 is 1.97 bits per heavy atom. The molecule has 6 heteroatoms. The molecule has 0 fully saturated rings. The van der Waals surface area contributed by atoms with E-state index in [2.05, 4.69) is 0 Å². The van der Waals surface area contributed by atoms with Gasteiger partial charge in [-0.3, -0.25) is 9.59 Å². The molecule has 1 N–H and O–H groups in total. The average Bonchev–Trinajstić information content (AvgIpc) is 2.77. The summed E-state index contributed by atoms with van der Waals surface area (Å²) in [6.07, 6.45) is -1.37. The Kier molecular flexibility index (Phi) is 6.32. The number of Topliss-reactive ketones (excluding diaryl/α,β-unsaturated/α-hetero) is 1. The van der Waals surface area contributed by atoms with Crippen molar-refractivity contribution in [2.45, 2.75) is 6.10 Å². The fraction of sp³-hybridized carbons (Fsp3) is 0.130. The molecule has 0 saturated carbocycles. The van der Waals surface area contributed by atoms with Crippen molar-refractivity contribution in [1.29, 1.82) is 0 Å². The zero-order valence-electron chi connectivity index (χ0n) is 15.9. The van der Waals surface area contributed by atoms with Crippen molar-refractivity contribution >= 4 is 23.2 Å². The summed E-state index contributed by atoms with van der Waals surface area (Å²) in [5.74, 6) is -0.651. The van der Waals surface area contributed by atoms with E-state index < -0.39 is 11.9 Å². The Morgan fingerprint density at radius 1 is 0.828 bits per heavy atom. The molecular weight excluding hydrogens is 392 g/mol. The lowest BCUT2D eigenvalue weighted by molar-refractivity contribution is 0.0743. The van der Waals surface area contributed by atoms with E-state index in [0.717, 1.165) is 0 Å². The summed E-state index contributed by atoms with van der Waals surface area (Å²) >= 11 is 5.89. The largest absolute Gasteiger partial charge is 0.492 e. The maximum Gasteiger partial charge on any atom is 0.199 e. The van der Waals surface area contributed by atoms with Gasteiger partial charge in [0.15, 0.2) is 23.1 Å². The van der Waals surface area contributed by atoms with E-state index in [1.807, 2.05) is 0 Å². The SMILES string of the molecule is COc1c(C(=O)c2ccc(Cl)cc2)ccc(C(=O)C(O)c2ccccc2)c1OC. The number of carbonyl (C=O) groups is 2. The molecule has 0 heterocycles. The lowest BCUT2D eigenvalue weighted by Crippen LogP contribution is -2.15. The van der Waals surface area contributed by atoms with Crippen molar-refractivity contribution in [3.05, 3.63) is 94.0 Å². The summed E-state index contributed by atoms with van der Waals surface area (Å²) in [5, 5.41) is 11.0. The Labute approximate surface area is 173 Å². The average molecular weight is 411 g/mol. The lowest BCUT2D eigenvalue weighted by Gasteiger charge is -2.17. The van der Waals surface area contributed by atoms with Gasteiger partial charge in [-0.25, -0.2) is 0 Å². The second kappa shape index (κ2) is 8.90. The number of aliphatic hydroxyl groups excluding tert-OH is 1.